The number of carbonyl (C=O) groups excluding carboxylic acids is 1. The number of halogens is 4. The van der Waals surface area contributed by atoms with Gasteiger partial charge < -0.3 is 4.90 Å². The summed E-state index contributed by atoms with van der Waals surface area (Å²) in [6.07, 6.45) is -3.10. The summed E-state index contributed by atoms with van der Waals surface area (Å²) in [5.74, 6) is -1.07. The third-order valence-electron chi connectivity index (χ3n) is 5.72. The van der Waals surface area contributed by atoms with E-state index >= 15 is 0 Å². The minimum absolute atomic E-state index is 0.0383. The third-order valence-corrected chi connectivity index (χ3v) is 5.72. The Hall–Kier alpha value is -3.17. The lowest BCUT2D eigenvalue weighted by Crippen LogP contribution is -2.39. The first kappa shape index (κ1) is 21.1. The average molecular weight is 435 g/mol. The lowest BCUT2D eigenvalue weighted by Gasteiger charge is -2.33. The van der Waals surface area contributed by atoms with Gasteiger partial charge in [0.15, 0.2) is 5.69 Å². The van der Waals surface area contributed by atoms with Crippen molar-refractivity contribution < 1.29 is 22.4 Å². The minimum Gasteiger partial charge on any atom is -0.330 e. The Bertz CT molecular complexity index is 1180. The van der Waals surface area contributed by atoms with E-state index in [1.54, 1.807) is 27.0 Å². The Kier molecular flexibility index (Phi) is 4.90. The number of nitrogens with zero attached hydrogens (tertiary/aromatic N) is 5. The number of aromatic nitrogens is 4. The van der Waals surface area contributed by atoms with Gasteiger partial charge in [-0.05, 0) is 38.0 Å². The predicted molar refractivity (Wildman–Crippen MR) is 105 cm³/mol. The number of benzene rings is 1. The highest BCUT2D eigenvalue weighted by Crippen LogP contribution is 2.41. The van der Waals surface area contributed by atoms with Crippen LogP contribution < -0.4 is 0 Å². The van der Waals surface area contributed by atoms with Gasteiger partial charge in [0.2, 0.25) is 0 Å². The molecule has 31 heavy (non-hydrogen) atoms. The van der Waals surface area contributed by atoms with E-state index < -0.39 is 29.6 Å². The summed E-state index contributed by atoms with van der Waals surface area (Å²) >= 11 is 0. The zero-order valence-electron chi connectivity index (χ0n) is 17.5. The van der Waals surface area contributed by atoms with Crippen molar-refractivity contribution in [2.24, 2.45) is 14.1 Å². The zero-order chi connectivity index (χ0) is 22.7. The molecule has 164 valence electrons. The summed E-state index contributed by atoms with van der Waals surface area (Å²) in [6.45, 7) is 3.71. The molecule has 0 spiro atoms. The van der Waals surface area contributed by atoms with Crippen molar-refractivity contribution in [2.75, 3.05) is 6.54 Å². The standard InChI is InChI=1S/C21H21F4N5O/c1-11-5-6-13(16(22)9-11)20(31)30-8-7-14-17(12(30)2)27-28(3)18(14)15-10-26-29(4)19(15)21(23,24)25/h5-6,9-10,12H,7-8H2,1-4H3/t12-/m0/s1. The Labute approximate surface area is 176 Å². The Morgan fingerprint density at radius 2 is 1.90 bits per heavy atom. The van der Waals surface area contributed by atoms with Crippen molar-refractivity contribution in [3.05, 3.63) is 58.3 Å². The molecule has 0 saturated heterocycles. The monoisotopic (exact) mass is 435 g/mol. The van der Waals surface area contributed by atoms with Gasteiger partial charge in [0.25, 0.3) is 5.91 Å². The van der Waals surface area contributed by atoms with Gasteiger partial charge in [0.05, 0.1) is 34.8 Å². The second-order valence-corrected chi connectivity index (χ2v) is 7.77. The molecule has 4 rings (SSSR count). The largest absolute Gasteiger partial charge is 0.433 e. The molecule has 1 atom stereocenters. The quantitative estimate of drug-likeness (QED) is 0.571. The normalized spacial score (nSPS) is 16.5. The maximum absolute atomic E-state index is 14.3. The van der Waals surface area contributed by atoms with Crippen LogP contribution in [0.3, 0.4) is 0 Å². The van der Waals surface area contributed by atoms with Gasteiger partial charge in [0, 0.05) is 26.2 Å². The van der Waals surface area contributed by atoms with Gasteiger partial charge in [-0.25, -0.2) is 4.39 Å². The molecule has 1 amide bonds. The zero-order valence-corrected chi connectivity index (χ0v) is 17.5. The molecule has 0 saturated carbocycles. The molecule has 10 heteroatoms. The highest BCUT2D eigenvalue weighted by Gasteiger charge is 2.41. The molecule has 0 N–H and O–H groups in total. The Morgan fingerprint density at radius 3 is 2.55 bits per heavy atom. The van der Waals surface area contributed by atoms with E-state index in [2.05, 4.69) is 10.2 Å². The van der Waals surface area contributed by atoms with Crippen LogP contribution in [-0.4, -0.2) is 36.9 Å². The first-order valence-electron chi connectivity index (χ1n) is 9.73. The van der Waals surface area contributed by atoms with Crippen molar-refractivity contribution in [3.8, 4) is 11.3 Å². The van der Waals surface area contributed by atoms with Gasteiger partial charge in [-0.15, -0.1) is 0 Å². The molecule has 1 aromatic carbocycles. The lowest BCUT2D eigenvalue weighted by molar-refractivity contribution is -0.143. The highest BCUT2D eigenvalue weighted by molar-refractivity contribution is 5.95. The van der Waals surface area contributed by atoms with Gasteiger partial charge in [-0.3, -0.25) is 14.2 Å². The molecular weight excluding hydrogens is 414 g/mol. The number of carbonyl (C=O) groups is 1. The second kappa shape index (κ2) is 7.21. The summed E-state index contributed by atoms with van der Waals surface area (Å²) in [7, 11) is 2.81. The Morgan fingerprint density at radius 1 is 1.19 bits per heavy atom. The maximum atomic E-state index is 14.3. The molecule has 3 heterocycles. The van der Waals surface area contributed by atoms with Crippen molar-refractivity contribution >= 4 is 5.91 Å². The second-order valence-electron chi connectivity index (χ2n) is 7.77. The highest BCUT2D eigenvalue weighted by atomic mass is 19.4. The molecule has 2 aromatic heterocycles. The van der Waals surface area contributed by atoms with Gasteiger partial charge in [-0.2, -0.15) is 23.4 Å². The van der Waals surface area contributed by atoms with Crippen molar-refractivity contribution in [3.63, 3.8) is 0 Å². The molecule has 0 bridgehead atoms. The summed E-state index contributed by atoms with van der Waals surface area (Å²) in [5, 5.41) is 8.23. The molecule has 0 radical (unpaired) electrons. The van der Waals surface area contributed by atoms with Gasteiger partial charge in [-0.1, -0.05) is 6.07 Å². The van der Waals surface area contributed by atoms with Crippen molar-refractivity contribution in [1.29, 1.82) is 0 Å². The van der Waals surface area contributed by atoms with Gasteiger partial charge >= 0.3 is 6.18 Å². The van der Waals surface area contributed by atoms with Crippen LogP contribution in [0.15, 0.2) is 24.4 Å². The molecular formula is C21H21F4N5O. The summed E-state index contributed by atoms with van der Waals surface area (Å²) in [6, 6.07) is 3.89. The number of aryl methyl sites for hydroxylation is 3. The van der Waals surface area contributed by atoms with Gasteiger partial charge in [0.1, 0.15) is 5.82 Å². The van der Waals surface area contributed by atoms with E-state index in [-0.39, 0.29) is 17.7 Å². The van der Waals surface area contributed by atoms with E-state index in [1.165, 1.54) is 35.0 Å². The van der Waals surface area contributed by atoms with Crippen LogP contribution in [0.1, 0.15) is 45.8 Å². The van der Waals surface area contributed by atoms with E-state index in [0.29, 0.717) is 28.9 Å². The fourth-order valence-electron chi connectivity index (χ4n) is 4.25. The molecule has 3 aromatic rings. The van der Waals surface area contributed by atoms with E-state index in [1.807, 2.05) is 0 Å². The topological polar surface area (TPSA) is 56.0 Å². The third kappa shape index (κ3) is 3.39. The van der Waals surface area contributed by atoms with Crippen LogP contribution >= 0.6 is 0 Å². The fraction of sp³-hybridized carbons (Fsp3) is 0.381. The van der Waals surface area contributed by atoms with Crippen LogP contribution in [0.2, 0.25) is 0 Å². The molecule has 6 nitrogen and oxygen atoms in total. The minimum atomic E-state index is -4.58. The fourth-order valence-corrected chi connectivity index (χ4v) is 4.25. The number of rotatable bonds is 2. The molecule has 1 aliphatic rings. The maximum Gasteiger partial charge on any atom is 0.433 e. The lowest BCUT2D eigenvalue weighted by atomic mass is 9.95. The number of amides is 1. The van der Waals surface area contributed by atoms with Crippen LogP contribution in [0.4, 0.5) is 17.6 Å². The number of hydrogen-bond donors (Lipinski definition) is 0. The van der Waals surface area contributed by atoms with Crippen LogP contribution in [0, 0.1) is 12.7 Å². The smallest absolute Gasteiger partial charge is 0.330 e. The van der Waals surface area contributed by atoms with Crippen molar-refractivity contribution in [2.45, 2.75) is 32.5 Å². The molecule has 1 aliphatic heterocycles. The van der Waals surface area contributed by atoms with E-state index in [0.717, 1.165) is 4.68 Å². The average Bonchev–Trinajstić information content (AvgIpc) is 3.21. The first-order chi connectivity index (χ1) is 14.5. The number of hydrogen-bond acceptors (Lipinski definition) is 3. The number of fused-ring (bicyclic) bond motifs is 1. The molecule has 0 fully saturated rings. The summed E-state index contributed by atoms with van der Waals surface area (Å²) < 4.78 is 57.4. The van der Waals surface area contributed by atoms with Crippen LogP contribution in [0.5, 0.6) is 0 Å². The van der Waals surface area contributed by atoms with Crippen molar-refractivity contribution in [1.82, 2.24) is 24.5 Å². The molecule has 0 unspecified atom stereocenters. The van der Waals surface area contributed by atoms with Crippen LogP contribution in [-0.2, 0) is 26.7 Å². The molecule has 0 aliphatic carbocycles. The van der Waals surface area contributed by atoms with E-state index in [9.17, 15) is 22.4 Å². The van der Waals surface area contributed by atoms with Crippen LogP contribution in [0.25, 0.3) is 11.3 Å². The first-order valence-corrected chi connectivity index (χ1v) is 9.73. The Balaban J connectivity index is 1.75. The van der Waals surface area contributed by atoms with E-state index in [4.69, 9.17) is 0 Å². The summed E-state index contributed by atoms with van der Waals surface area (Å²) in [4.78, 5) is 14.5. The number of alkyl halides is 3. The predicted octanol–water partition coefficient (Wildman–Crippen LogP) is 4.05. The summed E-state index contributed by atoms with van der Waals surface area (Å²) in [5.41, 5.74) is 1.23. The SMILES string of the molecule is Cc1ccc(C(=O)N2CCc3c(nn(C)c3-c3cnn(C)c3C(F)(F)F)[C@@H]2C)c(F)c1.